The smallest absolute Gasteiger partial charge is 0.165 e. The molecule has 0 saturated carbocycles. The van der Waals surface area contributed by atoms with Crippen molar-refractivity contribution in [1.29, 1.82) is 0 Å². The third-order valence-corrected chi connectivity index (χ3v) is 5.38. The molecule has 0 amide bonds. The Kier molecular flexibility index (Phi) is 6.25. The molecule has 0 unspecified atom stereocenters. The maximum atomic E-state index is 10.2. The second-order valence-electron chi connectivity index (χ2n) is 7.50. The Balaban J connectivity index is 1.42. The summed E-state index contributed by atoms with van der Waals surface area (Å²) in [4.78, 5) is 18.5. The Labute approximate surface area is 176 Å². The van der Waals surface area contributed by atoms with Gasteiger partial charge in [-0.3, -0.25) is 4.90 Å². The molecule has 0 aliphatic carbocycles. The summed E-state index contributed by atoms with van der Waals surface area (Å²) in [6, 6.07) is 9.20. The minimum absolute atomic E-state index is 0.197. The zero-order valence-corrected chi connectivity index (χ0v) is 17.5. The molecule has 30 heavy (non-hydrogen) atoms. The zero-order valence-electron chi connectivity index (χ0n) is 17.5. The topological polar surface area (TPSA) is 79.5 Å². The van der Waals surface area contributed by atoms with Crippen LogP contribution in [0.1, 0.15) is 11.5 Å². The fraction of sp³-hybridized carbons (Fsp3) is 0.409. The molecule has 8 nitrogen and oxygen atoms in total. The largest absolute Gasteiger partial charge is 0.507 e. The van der Waals surface area contributed by atoms with Gasteiger partial charge in [0.2, 0.25) is 0 Å². The van der Waals surface area contributed by atoms with Gasteiger partial charge in [0.25, 0.3) is 0 Å². The monoisotopic (exact) mass is 408 g/mol. The molecule has 4 rings (SSSR count). The van der Waals surface area contributed by atoms with Gasteiger partial charge < -0.3 is 19.3 Å². The van der Waals surface area contributed by atoms with Crippen molar-refractivity contribution in [2.75, 3.05) is 44.8 Å². The van der Waals surface area contributed by atoms with Crippen LogP contribution in [0, 0.1) is 6.92 Å². The van der Waals surface area contributed by atoms with E-state index in [-0.39, 0.29) is 5.75 Å². The first-order chi connectivity index (χ1) is 14.6. The number of benzene rings is 1. The first kappa shape index (κ1) is 20.3. The van der Waals surface area contributed by atoms with Gasteiger partial charge in [-0.15, -0.1) is 0 Å². The molecule has 1 fully saturated rings. The molecule has 2 aromatic heterocycles. The third kappa shape index (κ3) is 4.60. The number of hydrogen-bond donors (Lipinski definition) is 1. The molecule has 1 aliphatic rings. The maximum absolute atomic E-state index is 10.2. The molecule has 3 aromatic rings. The highest BCUT2D eigenvalue weighted by Crippen LogP contribution is 2.28. The number of anilines is 1. The molecule has 0 bridgehead atoms. The van der Waals surface area contributed by atoms with Gasteiger partial charge >= 0.3 is 0 Å². The van der Waals surface area contributed by atoms with E-state index in [1.165, 1.54) is 0 Å². The average Bonchev–Trinajstić information content (AvgIpc) is 3.19. The summed E-state index contributed by atoms with van der Waals surface area (Å²) in [5.74, 6) is 2.73. The SMILES string of the molecule is COCCn1ccnc1CN1CCN(c2cc(C)nc(-c3ccccc3O)n2)CC1. The summed E-state index contributed by atoms with van der Waals surface area (Å²) in [7, 11) is 1.72. The summed E-state index contributed by atoms with van der Waals surface area (Å²) in [5.41, 5.74) is 1.55. The van der Waals surface area contributed by atoms with Crippen LogP contribution in [0.3, 0.4) is 0 Å². The number of aryl methyl sites for hydroxylation is 1. The van der Waals surface area contributed by atoms with Crippen LogP contribution in [0.2, 0.25) is 0 Å². The Hall–Kier alpha value is -2.97. The number of aromatic hydroxyl groups is 1. The van der Waals surface area contributed by atoms with Gasteiger partial charge in [-0.05, 0) is 19.1 Å². The molecular weight excluding hydrogens is 380 g/mol. The fourth-order valence-electron chi connectivity index (χ4n) is 3.72. The third-order valence-electron chi connectivity index (χ3n) is 5.38. The minimum Gasteiger partial charge on any atom is -0.507 e. The van der Waals surface area contributed by atoms with Crippen molar-refractivity contribution >= 4 is 5.82 Å². The van der Waals surface area contributed by atoms with Crippen LogP contribution in [0.4, 0.5) is 5.82 Å². The molecule has 1 N–H and O–H groups in total. The van der Waals surface area contributed by atoms with Crippen molar-refractivity contribution in [2.45, 2.75) is 20.0 Å². The number of rotatable bonds is 7. The van der Waals surface area contributed by atoms with Crippen molar-refractivity contribution in [3.05, 3.63) is 54.2 Å². The highest BCUT2D eigenvalue weighted by Gasteiger charge is 2.21. The Morgan fingerprint density at radius 1 is 1.10 bits per heavy atom. The number of para-hydroxylation sites is 1. The highest BCUT2D eigenvalue weighted by atomic mass is 16.5. The van der Waals surface area contributed by atoms with E-state index < -0.39 is 0 Å². The van der Waals surface area contributed by atoms with Crippen molar-refractivity contribution in [3.63, 3.8) is 0 Å². The first-order valence-corrected chi connectivity index (χ1v) is 10.2. The molecule has 0 spiro atoms. The normalized spacial score (nSPS) is 14.9. The van der Waals surface area contributed by atoms with Gasteiger partial charge in [-0.25, -0.2) is 15.0 Å². The molecule has 0 radical (unpaired) electrons. The number of ether oxygens (including phenoxy) is 1. The van der Waals surface area contributed by atoms with E-state index in [0.29, 0.717) is 18.0 Å². The number of nitrogens with zero attached hydrogens (tertiary/aromatic N) is 6. The van der Waals surface area contributed by atoms with E-state index in [4.69, 9.17) is 9.72 Å². The lowest BCUT2D eigenvalue weighted by Crippen LogP contribution is -2.46. The number of phenolic OH excluding ortho intramolecular Hbond substituents is 1. The van der Waals surface area contributed by atoms with Crippen molar-refractivity contribution in [2.24, 2.45) is 0 Å². The first-order valence-electron chi connectivity index (χ1n) is 10.2. The summed E-state index contributed by atoms with van der Waals surface area (Å²) in [6.45, 7) is 7.94. The zero-order chi connectivity index (χ0) is 20.9. The van der Waals surface area contributed by atoms with Gasteiger partial charge in [0.15, 0.2) is 5.82 Å². The summed E-state index contributed by atoms with van der Waals surface area (Å²) in [5, 5.41) is 10.2. The van der Waals surface area contributed by atoms with E-state index in [0.717, 1.165) is 56.6 Å². The van der Waals surface area contributed by atoms with Crippen LogP contribution in [0.25, 0.3) is 11.4 Å². The van der Waals surface area contributed by atoms with Crippen molar-refractivity contribution in [3.8, 4) is 17.1 Å². The highest BCUT2D eigenvalue weighted by molar-refractivity contribution is 5.65. The Morgan fingerprint density at radius 3 is 2.67 bits per heavy atom. The van der Waals surface area contributed by atoms with E-state index in [1.54, 1.807) is 19.2 Å². The van der Waals surface area contributed by atoms with Crippen LogP contribution < -0.4 is 4.90 Å². The summed E-state index contributed by atoms with van der Waals surface area (Å²) in [6.07, 6.45) is 3.86. The van der Waals surface area contributed by atoms with Crippen LogP contribution in [-0.2, 0) is 17.8 Å². The number of phenols is 1. The molecule has 1 aliphatic heterocycles. The van der Waals surface area contributed by atoms with Crippen molar-refractivity contribution in [1.82, 2.24) is 24.4 Å². The lowest BCUT2D eigenvalue weighted by Gasteiger charge is -2.35. The maximum Gasteiger partial charge on any atom is 0.165 e. The molecule has 1 aromatic carbocycles. The molecular formula is C22H28N6O2. The second-order valence-corrected chi connectivity index (χ2v) is 7.50. The van der Waals surface area contributed by atoms with Gasteiger partial charge in [-0.1, -0.05) is 12.1 Å². The van der Waals surface area contributed by atoms with Crippen LogP contribution >= 0.6 is 0 Å². The van der Waals surface area contributed by atoms with Crippen LogP contribution in [0.5, 0.6) is 5.75 Å². The standard InChI is InChI=1S/C22H28N6O2/c1-17-15-20(25-22(24-17)18-5-3-4-6-19(18)29)28-11-9-26(10-12-28)16-21-23-7-8-27(21)13-14-30-2/h3-8,15,29H,9-14,16H2,1-2H3. The minimum atomic E-state index is 0.197. The predicted molar refractivity (Wildman–Crippen MR) is 115 cm³/mol. The quantitative estimate of drug-likeness (QED) is 0.643. The molecule has 0 atom stereocenters. The number of aromatic nitrogens is 4. The van der Waals surface area contributed by atoms with Gasteiger partial charge in [0, 0.05) is 64.0 Å². The lowest BCUT2D eigenvalue weighted by molar-refractivity contribution is 0.183. The number of methoxy groups -OCH3 is 1. The fourth-order valence-corrected chi connectivity index (χ4v) is 3.72. The second kappa shape index (κ2) is 9.23. The molecule has 1 saturated heterocycles. The summed E-state index contributed by atoms with van der Waals surface area (Å²) < 4.78 is 7.34. The molecule has 8 heteroatoms. The predicted octanol–water partition coefficient (Wildman–Crippen LogP) is 2.32. The molecule has 158 valence electrons. The number of imidazole rings is 1. The van der Waals surface area contributed by atoms with Gasteiger partial charge in [0.05, 0.1) is 18.7 Å². The Morgan fingerprint density at radius 2 is 1.90 bits per heavy atom. The van der Waals surface area contributed by atoms with E-state index in [9.17, 15) is 5.11 Å². The Bertz CT molecular complexity index is 981. The van der Waals surface area contributed by atoms with Crippen LogP contribution in [-0.4, -0.2) is 69.4 Å². The van der Waals surface area contributed by atoms with Crippen molar-refractivity contribution < 1.29 is 9.84 Å². The lowest BCUT2D eigenvalue weighted by atomic mass is 10.2. The number of piperazine rings is 1. The molecule has 3 heterocycles. The van der Waals surface area contributed by atoms with Crippen LogP contribution in [0.15, 0.2) is 42.7 Å². The average molecular weight is 409 g/mol. The summed E-state index contributed by atoms with van der Waals surface area (Å²) >= 11 is 0. The van der Waals surface area contributed by atoms with E-state index in [2.05, 4.69) is 24.3 Å². The number of hydrogen-bond acceptors (Lipinski definition) is 7. The van der Waals surface area contributed by atoms with E-state index in [1.807, 2.05) is 37.5 Å². The van der Waals surface area contributed by atoms with Gasteiger partial charge in [-0.2, -0.15) is 0 Å². The van der Waals surface area contributed by atoms with E-state index >= 15 is 0 Å². The van der Waals surface area contributed by atoms with Gasteiger partial charge in [0.1, 0.15) is 17.4 Å².